The molecule has 1 aromatic carbocycles. The number of hydrogen-bond donors (Lipinski definition) is 0. The Balaban J connectivity index is 3.07. The van der Waals surface area contributed by atoms with E-state index in [0.717, 1.165) is 25.3 Å². The molecule has 0 aliphatic heterocycles. The van der Waals surface area contributed by atoms with Crippen LogP contribution in [-0.2, 0) is 16.6 Å². The summed E-state index contributed by atoms with van der Waals surface area (Å²) in [5.74, 6) is 0. The quantitative estimate of drug-likeness (QED) is 0.448. The van der Waals surface area contributed by atoms with Crippen molar-refractivity contribution in [2.75, 3.05) is 0 Å². The molecule has 3 nitrogen and oxygen atoms in total. The average Bonchev–Trinajstić information content (AvgIpc) is 2.28. The molecule has 0 radical (unpaired) electrons. The maximum absolute atomic E-state index is 13.1. The Labute approximate surface area is 101 Å². The number of carbonyl (C=O) groups excluding carboxylic acids is 1. The molecule has 0 aliphatic rings. The van der Waals surface area contributed by atoms with Crippen molar-refractivity contribution in [1.82, 2.24) is 0 Å². The topological polar surface area (TPSA) is 51.2 Å². The number of benzene rings is 1. The Morgan fingerprint density at radius 3 is 2.53 bits per heavy atom. The summed E-state index contributed by atoms with van der Waals surface area (Å²) < 4.78 is 35.0. The predicted octanol–water partition coefficient (Wildman–Crippen LogP) is 2.89. The highest BCUT2D eigenvalue weighted by atomic mass is 32.3. The lowest BCUT2D eigenvalue weighted by Crippen LogP contribution is -2.01. The largest absolute Gasteiger partial charge is 0.332 e. The van der Waals surface area contributed by atoms with Crippen molar-refractivity contribution in [2.45, 2.75) is 37.5 Å². The van der Waals surface area contributed by atoms with E-state index in [2.05, 4.69) is 0 Å². The molecule has 0 heterocycles. The minimum Gasteiger partial charge on any atom is -0.298 e. The van der Waals surface area contributed by atoms with Gasteiger partial charge in [-0.25, -0.2) is 0 Å². The molecule has 0 saturated carbocycles. The summed E-state index contributed by atoms with van der Waals surface area (Å²) >= 11 is 0. The number of hydrogen-bond acceptors (Lipinski definition) is 3. The zero-order valence-corrected chi connectivity index (χ0v) is 10.5. The fraction of sp³-hybridized carbons (Fsp3) is 0.417. The molecule has 0 spiro atoms. The molecule has 17 heavy (non-hydrogen) atoms. The standard InChI is InChI=1S/C12H15FO3S/c1-2-3-4-5-11-7-6-10(9-14)8-12(11)17(13,15)16/h6-9H,2-5H2,1H3. The lowest BCUT2D eigenvalue weighted by molar-refractivity contribution is 0.112. The average molecular weight is 258 g/mol. The molecule has 0 saturated heterocycles. The third-order valence-corrected chi connectivity index (χ3v) is 3.45. The van der Waals surface area contributed by atoms with Crippen LogP contribution in [0.2, 0.25) is 0 Å². The van der Waals surface area contributed by atoms with Crippen LogP contribution in [0.25, 0.3) is 0 Å². The maximum Gasteiger partial charge on any atom is 0.332 e. The molecule has 0 amide bonds. The molecule has 1 rings (SSSR count). The van der Waals surface area contributed by atoms with Gasteiger partial charge in [-0.1, -0.05) is 31.9 Å². The van der Waals surface area contributed by atoms with Crippen LogP contribution >= 0.6 is 0 Å². The molecule has 0 bridgehead atoms. The van der Waals surface area contributed by atoms with E-state index in [0.29, 0.717) is 18.3 Å². The number of rotatable bonds is 6. The first-order chi connectivity index (χ1) is 7.99. The normalized spacial score (nSPS) is 11.4. The molecular formula is C12H15FO3S. The molecule has 0 N–H and O–H groups in total. The summed E-state index contributed by atoms with van der Waals surface area (Å²) in [7, 11) is -4.76. The summed E-state index contributed by atoms with van der Waals surface area (Å²) in [6.07, 6.45) is 3.78. The van der Waals surface area contributed by atoms with Gasteiger partial charge < -0.3 is 0 Å². The lowest BCUT2D eigenvalue weighted by atomic mass is 10.1. The van der Waals surface area contributed by atoms with E-state index in [9.17, 15) is 17.1 Å². The predicted molar refractivity (Wildman–Crippen MR) is 63.4 cm³/mol. The summed E-state index contributed by atoms with van der Waals surface area (Å²) in [5.41, 5.74) is 0.604. The minimum absolute atomic E-state index is 0.167. The van der Waals surface area contributed by atoms with Crippen LogP contribution in [0, 0.1) is 0 Å². The molecule has 5 heteroatoms. The van der Waals surface area contributed by atoms with Gasteiger partial charge in [-0.3, -0.25) is 4.79 Å². The molecule has 0 aromatic heterocycles. The monoisotopic (exact) mass is 258 g/mol. The Hall–Kier alpha value is -1.23. The van der Waals surface area contributed by atoms with E-state index in [1.807, 2.05) is 6.92 Å². The fourth-order valence-corrected chi connectivity index (χ4v) is 2.40. The van der Waals surface area contributed by atoms with Crippen LogP contribution in [0.1, 0.15) is 42.1 Å². The van der Waals surface area contributed by atoms with Gasteiger partial charge in [0.15, 0.2) is 0 Å². The van der Waals surface area contributed by atoms with Gasteiger partial charge in [-0.05, 0) is 24.5 Å². The van der Waals surface area contributed by atoms with Crippen molar-refractivity contribution in [1.29, 1.82) is 0 Å². The molecule has 94 valence electrons. The SMILES string of the molecule is CCCCCc1ccc(C=O)cc1S(=O)(=O)F. The van der Waals surface area contributed by atoms with Crippen molar-refractivity contribution in [2.24, 2.45) is 0 Å². The van der Waals surface area contributed by atoms with Gasteiger partial charge in [0.1, 0.15) is 11.2 Å². The van der Waals surface area contributed by atoms with Gasteiger partial charge in [0.2, 0.25) is 0 Å². The summed E-state index contributed by atoms with van der Waals surface area (Å²) in [6, 6.07) is 4.10. The van der Waals surface area contributed by atoms with E-state index in [1.54, 1.807) is 0 Å². The second kappa shape index (κ2) is 5.91. The van der Waals surface area contributed by atoms with E-state index < -0.39 is 10.2 Å². The third kappa shape index (κ3) is 3.93. The zero-order valence-electron chi connectivity index (χ0n) is 9.65. The van der Waals surface area contributed by atoms with Crippen LogP contribution in [0.5, 0.6) is 0 Å². The Morgan fingerprint density at radius 2 is 2.00 bits per heavy atom. The Kier molecular flexibility index (Phi) is 4.81. The molecule has 1 aromatic rings. The first kappa shape index (κ1) is 13.8. The third-order valence-electron chi connectivity index (χ3n) is 2.54. The second-order valence-electron chi connectivity index (χ2n) is 3.88. The molecular weight excluding hydrogens is 243 g/mol. The van der Waals surface area contributed by atoms with Crippen molar-refractivity contribution in [3.05, 3.63) is 29.3 Å². The van der Waals surface area contributed by atoms with Gasteiger partial charge >= 0.3 is 10.2 Å². The highest BCUT2D eigenvalue weighted by Crippen LogP contribution is 2.21. The van der Waals surface area contributed by atoms with Crippen molar-refractivity contribution < 1.29 is 17.1 Å². The lowest BCUT2D eigenvalue weighted by Gasteiger charge is -2.06. The number of aryl methyl sites for hydroxylation is 1. The van der Waals surface area contributed by atoms with E-state index in [4.69, 9.17) is 0 Å². The van der Waals surface area contributed by atoms with E-state index in [1.165, 1.54) is 12.1 Å². The summed E-state index contributed by atoms with van der Waals surface area (Å²) in [4.78, 5) is 10.2. The van der Waals surface area contributed by atoms with Crippen molar-refractivity contribution >= 4 is 16.5 Å². The van der Waals surface area contributed by atoms with Crippen molar-refractivity contribution in [3.63, 3.8) is 0 Å². The molecule has 0 fully saturated rings. The second-order valence-corrected chi connectivity index (χ2v) is 5.20. The Bertz CT molecular complexity index is 494. The zero-order chi connectivity index (χ0) is 12.9. The first-order valence-electron chi connectivity index (χ1n) is 5.51. The van der Waals surface area contributed by atoms with Crippen molar-refractivity contribution in [3.8, 4) is 0 Å². The van der Waals surface area contributed by atoms with Crippen LogP contribution in [0.3, 0.4) is 0 Å². The van der Waals surface area contributed by atoms with Crippen LogP contribution < -0.4 is 0 Å². The first-order valence-corrected chi connectivity index (χ1v) is 6.90. The minimum atomic E-state index is -4.76. The number of unbranched alkanes of at least 4 members (excludes halogenated alkanes) is 2. The molecule has 0 atom stereocenters. The number of halogens is 1. The summed E-state index contributed by atoms with van der Waals surface area (Å²) in [5, 5.41) is 0. The highest BCUT2D eigenvalue weighted by molar-refractivity contribution is 7.86. The Morgan fingerprint density at radius 1 is 1.29 bits per heavy atom. The molecule has 0 aliphatic carbocycles. The fourth-order valence-electron chi connectivity index (χ4n) is 1.64. The number of carbonyl (C=O) groups is 1. The van der Waals surface area contributed by atoms with Gasteiger partial charge in [-0.15, -0.1) is 3.89 Å². The van der Waals surface area contributed by atoms with Gasteiger partial charge in [-0.2, -0.15) is 8.42 Å². The highest BCUT2D eigenvalue weighted by Gasteiger charge is 2.17. The van der Waals surface area contributed by atoms with Gasteiger partial charge in [0, 0.05) is 5.56 Å². The molecule has 0 unspecified atom stereocenters. The van der Waals surface area contributed by atoms with E-state index in [-0.39, 0.29) is 10.5 Å². The smallest absolute Gasteiger partial charge is 0.298 e. The van der Waals surface area contributed by atoms with Crippen LogP contribution in [0.15, 0.2) is 23.1 Å². The number of aldehydes is 1. The van der Waals surface area contributed by atoms with Crippen LogP contribution in [0.4, 0.5) is 3.89 Å². The van der Waals surface area contributed by atoms with E-state index >= 15 is 0 Å². The van der Waals surface area contributed by atoms with Gasteiger partial charge in [0.25, 0.3) is 0 Å². The van der Waals surface area contributed by atoms with Gasteiger partial charge in [0.05, 0.1) is 0 Å². The van der Waals surface area contributed by atoms with Crippen LogP contribution in [-0.4, -0.2) is 14.7 Å². The summed E-state index contributed by atoms with van der Waals surface area (Å²) in [6.45, 7) is 2.03. The maximum atomic E-state index is 13.1.